The SMILES string of the molecule is CCCCOC1(c2ccccc2F)CN(C(=O)C(Cc2ccc(OC)cc2)N(C(=O)O)C(C)(C)C)C1. The smallest absolute Gasteiger partial charge is 0.408 e. The van der Waals surface area contributed by atoms with Crippen LogP contribution in [0, 0.1) is 5.82 Å². The number of hydrogen-bond acceptors (Lipinski definition) is 4. The maximum Gasteiger partial charge on any atom is 0.408 e. The fourth-order valence-electron chi connectivity index (χ4n) is 4.68. The standard InChI is InChI=1S/C28H37FN2O5/c1-6-7-16-36-28(22-10-8-9-11-23(22)29)18-30(19-28)25(32)24(31(26(33)34)27(2,3)4)17-20-12-14-21(35-5)15-13-20/h8-15,24H,6-7,16-19H2,1-5H3,(H,33,34). The summed E-state index contributed by atoms with van der Waals surface area (Å²) in [5.41, 5.74) is -0.534. The van der Waals surface area contributed by atoms with Crippen LogP contribution in [-0.2, 0) is 21.6 Å². The first-order chi connectivity index (χ1) is 17.0. The first kappa shape index (κ1) is 27.5. The Kier molecular flexibility index (Phi) is 8.61. The average molecular weight is 501 g/mol. The zero-order chi connectivity index (χ0) is 26.5. The Morgan fingerprint density at radius 2 is 1.78 bits per heavy atom. The van der Waals surface area contributed by atoms with Gasteiger partial charge >= 0.3 is 6.09 Å². The molecule has 1 fully saturated rings. The maximum absolute atomic E-state index is 14.8. The zero-order valence-electron chi connectivity index (χ0n) is 21.8. The number of ether oxygens (including phenoxy) is 2. The second kappa shape index (κ2) is 11.3. The number of unbranched alkanes of at least 4 members (excludes halogenated alkanes) is 1. The Hall–Kier alpha value is -3.13. The molecule has 0 aliphatic carbocycles. The van der Waals surface area contributed by atoms with E-state index in [1.807, 2.05) is 19.1 Å². The number of benzene rings is 2. The lowest BCUT2D eigenvalue weighted by molar-refractivity contribution is -0.178. The van der Waals surface area contributed by atoms with E-state index >= 15 is 0 Å². The molecule has 2 aromatic rings. The summed E-state index contributed by atoms with van der Waals surface area (Å²) in [6.45, 7) is 8.12. The van der Waals surface area contributed by atoms with Gasteiger partial charge in [-0.15, -0.1) is 0 Å². The summed E-state index contributed by atoms with van der Waals surface area (Å²) in [5, 5.41) is 10.1. The highest BCUT2D eigenvalue weighted by atomic mass is 19.1. The quantitative estimate of drug-likeness (QED) is 0.461. The number of halogens is 1. The van der Waals surface area contributed by atoms with Crippen molar-refractivity contribution < 1.29 is 28.6 Å². The molecule has 0 bridgehead atoms. The van der Waals surface area contributed by atoms with E-state index in [1.165, 1.54) is 11.0 Å². The van der Waals surface area contributed by atoms with Crippen LogP contribution in [0.4, 0.5) is 9.18 Å². The summed E-state index contributed by atoms with van der Waals surface area (Å²) in [4.78, 5) is 29.0. The van der Waals surface area contributed by atoms with E-state index in [9.17, 15) is 19.1 Å². The number of carbonyl (C=O) groups is 2. The Balaban J connectivity index is 1.90. The molecule has 8 heteroatoms. The van der Waals surface area contributed by atoms with Crippen molar-refractivity contribution >= 4 is 12.0 Å². The van der Waals surface area contributed by atoms with Crippen LogP contribution in [0.1, 0.15) is 51.7 Å². The van der Waals surface area contributed by atoms with E-state index in [0.717, 1.165) is 18.4 Å². The van der Waals surface area contributed by atoms with Gasteiger partial charge in [-0.3, -0.25) is 9.69 Å². The van der Waals surface area contributed by atoms with Crippen LogP contribution in [0.3, 0.4) is 0 Å². The van der Waals surface area contributed by atoms with E-state index in [4.69, 9.17) is 9.47 Å². The van der Waals surface area contributed by atoms with Gasteiger partial charge in [0.05, 0.1) is 20.2 Å². The molecule has 36 heavy (non-hydrogen) atoms. The molecule has 0 aromatic heterocycles. The van der Waals surface area contributed by atoms with Crippen molar-refractivity contribution in [1.29, 1.82) is 0 Å². The molecule has 1 saturated heterocycles. The predicted octanol–water partition coefficient (Wildman–Crippen LogP) is 5.08. The first-order valence-corrected chi connectivity index (χ1v) is 12.4. The monoisotopic (exact) mass is 500 g/mol. The molecule has 1 unspecified atom stereocenters. The summed E-state index contributed by atoms with van der Waals surface area (Å²) in [7, 11) is 1.57. The van der Waals surface area contributed by atoms with Crippen molar-refractivity contribution in [1.82, 2.24) is 9.80 Å². The Labute approximate surface area is 212 Å². The lowest BCUT2D eigenvalue weighted by Crippen LogP contribution is -2.67. The van der Waals surface area contributed by atoms with E-state index < -0.39 is 23.3 Å². The van der Waals surface area contributed by atoms with E-state index in [1.54, 1.807) is 63.1 Å². The molecule has 0 spiro atoms. The topological polar surface area (TPSA) is 79.3 Å². The highest BCUT2D eigenvalue weighted by Crippen LogP contribution is 2.39. The Bertz CT molecular complexity index is 1040. The third-order valence-corrected chi connectivity index (χ3v) is 6.56. The highest BCUT2D eigenvalue weighted by Gasteiger charge is 2.51. The van der Waals surface area contributed by atoms with Crippen LogP contribution in [-0.4, -0.2) is 65.3 Å². The largest absolute Gasteiger partial charge is 0.497 e. The summed E-state index contributed by atoms with van der Waals surface area (Å²) in [5.74, 6) is -0.0267. The molecule has 196 valence electrons. The van der Waals surface area contributed by atoms with E-state index in [-0.39, 0.29) is 31.2 Å². The number of rotatable bonds is 10. The summed E-state index contributed by atoms with van der Waals surface area (Å²) in [6.07, 6.45) is 0.779. The van der Waals surface area contributed by atoms with Gasteiger partial charge in [0.2, 0.25) is 5.91 Å². The Morgan fingerprint density at radius 1 is 1.14 bits per heavy atom. The second-order valence-electron chi connectivity index (χ2n) is 10.3. The predicted molar refractivity (Wildman–Crippen MR) is 136 cm³/mol. The molecule has 0 saturated carbocycles. The molecule has 1 aliphatic rings. The molecule has 1 aliphatic heterocycles. The maximum atomic E-state index is 14.8. The van der Waals surface area contributed by atoms with Crippen molar-refractivity contribution in [3.05, 3.63) is 65.5 Å². The molecule has 1 atom stereocenters. The molecule has 3 rings (SSSR count). The highest BCUT2D eigenvalue weighted by molar-refractivity contribution is 5.87. The van der Waals surface area contributed by atoms with Gasteiger partial charge in [-0.1, -0.05) is 43.7 Å². The van der Waals surface area contributed by atoms with Crippen LogP contribution in [0.25, 0.3) is 0 Å². The molecule has 1 N–H and O–H groups in total. The van der Waals surface area contributed by atoms with Crippen molar-refractivity contribution in [3.63, 3.8) is 0 Å². The van der Waals surface area contributed by atoms with Crippen LogP contribution < -0.4 is 4.74 Å². The molecule has 0 radical (unpaired) electrons. The number of carbonyl (C=O) groups excluding carboxylic acids is 1. The summed E-state index contributed by atoms with van der Waals surface area (Å²) < 4.78 is 26.2. The molecule has 7 nitrogen and oxygen atoms in total. The molecular formula is C28H37FN2O5. The number of carboxylic acid groups (broad SMARTS) is 1. The van der Waals surface area contributed by atoms with Crippen molar-refractivity contribution in [2.45, 2.75) is 64.1 Å². The average Bonchev–Trinajstić information content (AvgIpc) is 2.80. The molecular weight excluding hydrogens is 463 g/mol. The van der Waals surface area contributed by atoms with Gasteiger partial charge in [-0.2, -0.15) is 0 Å². The van der Waals surface area contributed by atoms with Crippen molar-refractivity contribution in [3.8, 4) is 5.75 Å². The minimum Gasteiger partial charge on any atom is -0.497 e. The number of methoxy groups -OCH3 is 1. The normalized spacial score (nSPS) is 15.7. The fraction of sp³-hybridized carbons (Fsp3) is 0.500. The van der Waals surface area contributed by atoms with Crippen LogP contribution in [0.5, 0.6) is 5.75 Å². The van der Waals surface area contributed by atoms with Crippen molar-refractivity contribution in [2.75, 3.05) is 26.8 Å². The number of amides is 2. The van der Waals surface area contributed by atoms with Gasteiger partial charge < -0.3 is 19.5 Å². The molecule has 1 heterocycles. The minimum atomic E-state index is -1.17. The van der Waals surface area contributed by atoms with Gasteiger partial charge in [0.15, 0.2) is 0 Å². The van der Waals surface area contributed by atoms with Gasteiger partial charge in [0.1, 0.15) is 23.2 Å². The number of hydrogen-bond donors (Lipinski definition) is 1. The number of likely N-dealkylation sites (tertiary alicyclic amines) is 1. The van der Waals surface area contributed by atoms with Gasteiger partial charge in [-0.25, -0.2) is 9.18 Å². The number of nitrogens with zero attached hydrogens (tertiary/aromatic N) is 2. The lowest BCUT2D eigenvalue weighted by atomic mass is 9.84. The Morgan fingerprint density at radius 3 is 2.31 bits per heavy atom. The summed E-state index contributed by atoms with van der Waals surface area (Å²) in [6, 6.07) is 12.7. The minimum absolute atomic E-state index is 0.160. The third kappa shape index (κ3) is 5.98. The van der Waals surface area contributed by atoms with Crippen LogP contribution in [0.15, 0.2) is 48.5 Å². The van der Waals surface area contributed by atoms with Crippen LogP contribution in [0.2, 0.25) is 0 Å². The van der Waals surface area contributed by atoms with Crippen molar-refractivity contribution in [2.24, 2.45) is 0 Å². The van der Waals surface area contributed by atoms with Gasteiger partial charge in [0.25, 0.3) is 0 Å². The van der Waals surface area contributed by atoms with E-state index in [2.05, 4.69) is 0 Å². The molecule has 2 amide bonds. The molecule has 2 aromatic carbocycles. The van der Waals surface area contributed by atoms with E-state index in [0.29, 0.717) is 17.9 Å². The second-order valence-corrected chi connectivity index (χ2v) is 10.3. The van der Waals surface area contributed by atoms with Gasteiger partial charge in [0, 0.05) is 24.1 Å². The van der Waals surface area contributed by atoms with Gasteiger partial charge in [-0.05, 0) is 51.0 Å². The third-order valence-electron chi connectivity index (χ3n) is 6.56. The zero-order valence-corrected chi connectivity index (χ0v) is 21.8. The lowest BCUT2D eigenvalue weighted by Gasteiger charge is -2.52. The fourth-order valence-corrected chi connectivity index (χ4v) is 4.68. The first-order valence-electron chi connectivity index (χ1n) is 12.4. The van der Waals surface area contributed by atoms with Crippen LogP contribution >= 0.6 is 0 Å². The summed E-state index contributed by atoms with van der Waals surface area (Å²) >= 11 is 0.